The van der Waals surface area contributed by atoms with Crippen molar-refractivity contribution in [3.8, 4) is 11.1 Å². The Balaban J connectivity index is 2.15. The molecule has 0 heterocycles. The average Bonchev–Trinajstić information content (AvgIpc) is 2.56. The molecule has 0 N–H and O–H groups in total. The van der Waals surface area contributed by atoms with Gasteiger partial charge >= 0.3 is 0 Å². The third-order valence-electron chi connectivity index (χ3n) is 3.44. The zero-order chi connectivity index (χ0) is 15.5. The van der Waals surface area contributed by atoms with Gasteiger partial charge in [0.15, 0.2) is 5.78 Å². The van der Waals surface area contributed by atoms with Crippen molar-refractivity contribution in [3.05, 3.63) is 94.0 Å². The van der Waals surface area contributed by atoms with E-state index in [2.05, 4.69) is 0 Å². The number of hydrogen-bond donors (Lipinski definition) is 0. The summed E-state index contributed by atoms with van der Waals surface area (Å²) in [6.07, 6.45) is 0. The highest BCUT2D eigenvalue weighted by Gasteiger charge is 2.19. The van der Waals surface area contributed by atoms with Gasteiger partial charge < -0.3 is 0 Å². The molecule has 3 aromatic carbocycles. The largest absolute Gasteiger partial charge is 0.288 e. The van der Waals surface area contributed by atoms with Crippen LogP contribution in [0.25, 0.3) is 11.1 Å². The van der Waals surface area contributed by atoms with Crippen LogP contribution in [0.4, 0.5) is 0 Å². The van der Waals surface area contributed by atoms with E-state index in [0.717, 1.165) is 11.1 Å². The molecule has 0 aliphatic rings. The van der Waals surface area contributed by atoms with Crippen LogP contribution in [-0.4, -0.2) is 5.78 Å². The van der Waals surface area contributed by atoms with Crippen LogP contribution < -0.4 is 0 Å². The second kappa shape index (κ2) is 6.35. The summed E-state index contributed by atoms with van der Waals surface area (Å²) in [4.78, 5) is 12.7. The van der Waals surface area contributed by atoms with Crippen LogP contribution in [0, 0.1) is 0 Å². The molecule has 0 aliphatic carbocycles. The Labute approximate surface area is 139 Å². The van der Waals surface area contributed by atoms with Crippen molar-refractivity contribution in [3.63, 3.8) is 0 Å². The number of carbonyl (C=O) groups is 1. The Kier molecular flexibility index (Phi) is 4.28. The maximum Gasteiger partial charge on any atom is 0.196 e. The minimum atomic E-state index is -0.173. The number of carbonyl (C=O) groups excluding carboxylic acids is 1. The van der Waals surface area contributed by atoms with Crippen LogP contribution in [-0.2, 0) is 0 Å². The van der Waals surface area contributed by atoms with E-state index in [0.29, 0.717) is 21.2 Å². The summed E-state index contributed by atoms with van der Waals surface area (Å²) >= 11 is 12.7. The standard InChI is InChI=1S/C19H12Cl2O/c20-16-12-11-15(13-7-3-1-4-8-13)18(21)17(16)19(22)14-9-5-2-6-10-14/h1-12H. The topological polar surface area (TPSA) is 17.1 Å². The fourth-order valence-electron chi connectivity index (χ4n) is 2.34. The third-order valence-corrected chi connectivity index (χ3v) is 4.15. The van der Waals surface area contributed by atoms with Gasteiger partial charge in [0, 0.05) is 11.1 Å². The van der Waals surface area contributed by atoms with E-state index < -0.39 is 0 Å². The van der Waals surface area contributed by atoms with E-state index in [9.17, 15) is 4.79 Å². The molecule has 0 saturated carbocycles. The van der Waals surface area contributed by atoms with E-state index in [1.54, 1.807) is 18.2 Å². The zero-order valence-corrected chi connectivity index (χ0v) is 13.1. The van der Waals surface area contributed by atoms with Gasteiger partial charge in [-0.2, -0.15) is 0 Å². The number of benzene rings is 3. The van der Waals surface area contributed by atoms with Crippen molar-refractivity contribution in [2.45, 2.75) is 0 Å². The molecule has 0 radical (unpaired) electrons. The van der Waals surface area contributed by atoms with E-state index in [-0.39, 0.29) is 5.78 Å². The first-order valence-corrected chi connectivity index (χ1v) is 7.57. The van der Waals surface area contributed by atoms with Gasteiger partial charge in [-0.05, 0) is 11.6 Å². The molecule has 0 fully saturated rings. The summed E-state index contributed by atoms with van der Waals surface area (Å²) < 4.78 is 0. The molecule has 0 amide bonds. The van der Waals surface area contributed by atoms with Crippen LogP contribution in [0.1, 0.15) is 15.9 Å². The summed E-state index contributed by atoms with van der Waals surface area (Å²) in [6.45, 7) is 0. The number of rotatable bonds is 3. The second-order valence-corrected chi connectivity index (χ2v) is 5.63. The minimum Gasteiger partial charge on any atom is -0.288 e. The first kappa shape index (κ1) is 14.8. The predicted molar refractivity (Wildman–Crippen MR) is 91.8 cm³/mol. The molecule has 0 aromatic heterocycles. The van der Waals surface area contributed by atoms with Gasteiger partial charge in [0.1, 0.15) is 0 Å². The summed E-state index contributed by atoms with van der Waals surface area (Å²) in [7, 11) is 0. The fourth-order valence-corrected chi connectivity index (χ4v) is 2.99. The number of hydrogen-bond acceptors (Lipinski definition) is 1. The lowest BCUT2D eigenvalue weighted by molar-refractivity contribution is 0.103. The second-order valence-electron chi connectivity index (χ2n) is 4.85. The number of halogens is 2. The van der Waals surface area contributed by atoms with Crippen molar-refractivity contribution >= 4 is 29.0 Å². The summed E-state index contributed by atoms with van der Waals surface area (Å²) in [5.74, 6) is -0.173. The molecule has 0 saturated heterocycles. The molecule has 0 spiro atoms. The van der Waals surface area contributed by atoms with Gasteiger partial charge in [-0.3, -0.25) is 4.79 Å². The molecule has 3 heteroatoms. The highest BCUT2D eigenvalue weighted by molar-refractivity contribution is 6.42. The van der Waals surface area contributed by atoms with Crippen molar-refractivity contribution < 1.29 is 4.79 Å². The first-order chi connectivity index (χ1) is 10.7. The van der Waals surface area contributed by atoms with Gasteiger partial charge in [-0.15, -0.1) is 0 Å². The molecule has 3 rings (SSSR count). The van der Waals surface area contributed by atoms with Crippen molar-refractivity contribution in [1.82, 2.24) is 0 Å². The van der Waals surface area contributed by atoms with E-state index >= 15 is 0 Å². The summed E-state index contributed by atoms with van der Waals surface area (Å²) in [5, 5.41) is 0.742. The molecule has 22 heavy (non-hydrogen) atoms. The lowest BCUT2D eigenvalue weighted by Crippen LogP contribution is -2.04. The normalized spacial score (nSPS) is 10.5. The van der Waals surface area contributed by atoms with Crippen molar-refractivity contribution in [1.29, 1.82) is 0 Å². The average molecular weight is 327 g/mol. The van der Waals surface area contributed by atoms with Gasteiger partial charge in [0.2, 0.25) is 0 Å². The van der Waals surface area contributed by atoms with Crippen LogP contribution in [0.2, 0.25) is 10.0 Å². The van der Waals surface area contributed by atoms with Crippen molar-refractivity contribution in [2.24, 2.45) is 0 Å². The molecule has 0 atom stereocenters. The molecule has 0 bridgehead atoms. The van der Waals surface area contributed by atoms with Gasteiger partial charge in [-0.1, -0.05) is 89.9 Å². The molecule has 0 aliphatic heterocycles. The minimum absolute atomic E-state index is 0.173. The summed E-state index contributed by atoms with van der Waals surface area (Å²) in [5.41, 5.74) is 2.66. The van der Waals surface area contributed by atoms with E-state index in [4.69, 9.17) is 23.2 Å². The molecule has 3 aromatic rings. The zero-order valence-electron chi connectivity index (χ0n) is 11.6. The molecular formula is C19H12Cl2O. The first-order valence-electron chi connectivity index (χ1n) is 6.81. The monoisotopic (exact) mass is 326 g/mol. The highest BCUT2D eigenvalue weighted by Crippen LogP contribution is 2.35. The highest BCUT2D eigenvalue weighted by atomic mass is 35.5. The smallest absolute Gasteiger partial charge is 0.196 e. The van der Waals surface area contributed by atoms with Gasteiger partial charge in [0.25, 0.3) is 0 Å². The van der Waals surface area contributed by atoms with Crippen molar-refractivity contribution in [2.75, 3.05) is 0 Å². The Morgan fingerprint density at radius 1 is 0.727 bits per heavy atom. The van der Waals surface area contributed by atoms with Crippen LogP contribution in [0.5, 0.6) is 0 Å². The van der Waals surface area contributed by atoms with Gasteiger partial charge in [-0.25, -0.2) is 0 Å². The predicted octanol–water partition coefficient (Wildman–Crippen LogP) is 5.89. The van der Waals surface area contributed by atoms with Crippen LogP contribution in [0.15, 0.2) is 72.8 Å². The Bertz CT molecular complexity index is 812. The third kappa shape index (κ3) is 2.78. The summed E-state index contributed by atoms with van der Waals surface area (Å²) in [6, 6.07) is 22.2. The lowest BCUT2D eigenvalue weighted by atomic mass is 9.98. The van der Waals surface area contributed by atoms with Gasteiger partial charge in [0.05, 0.1) is 15.6 Å². The molecule has 0 unspecified atom stereocenters. The Hall–Kier alpha value is -2.09. The fraction of sp³-hybridized carbons (Fsp3) is 0. The maximum atomic E-state index is 12.7. The number of ketones is 1. The van der Waals surface area contributed by atoms with E-state index in [1.807, 2.05) is 54.6 Å². The molecule has 1 nitrogen and oxygen atoms in total. The van der Waals surface area contributed by atoms with E-state index in [1.165, 1.54) is 0 Å². The lowest BCUT2D eigenvalue weighted by Gasteiger charge is -2.11. The quantitative estimate of drug-likeness (QED) is 0.548. The Morgan fingerprint density at radius 2 is 1.32 bits per heavy atom. The maximum absolute atomic E-state index is 12.7. The molecular weight excluding hydrogens is 315 g/mol. The molecule has 108 valence electrons. The Morgan fingerprint density at radius 3 is 1.95 bits per heavy atom. The SMILES string of the molecule is O=C(c1ccccc1)c1c(Cl)ccc(-c2ccccc2)c1Cl. The van der Waals surface area contributed by atoms with Crippen LogP contribution >= 0.6 is 23.2 Å². The van der Waals surface area contributed by atoms with Crippen LogP contribution in [0.3, 0.4) is 0 Å².